The molecule has 3 aromatic rings. The molecule has 0 saturated heterocycles. The molecule has 1 aromatic carbocycles. The molecule has 0 fully saturated rings. The summed E-state index contributed by atoms with van der Waals surface area (Å²) in [6.07, 6.45) is 1.78. The Labute approximate surface area is 120 Å². The fourth-order valence-corrected chi connectivity index (χ4v) is 2.52. The number of nitrogens with one attached hydrogen (secondary N) is 1. The average Bonchev–Trinajstić information content (AvgIpc) is 2.93. The smallest absolute Gasteiger partial charge is 0.136 e. The minimum Gasteiger partial charge on any atom is -0.487 e. The highest BCUT2D eigenvalue weighted by Gasteiger charge is 2.08. The summed E-state index contributed by atoms with van der Waals surface area (Å²) in [5.41, 5.74) is 1.76. The molecule has 0 spiro atoms. The van der Waals surface area contributed by atoms with Gasteiger partial charge >= 0.3 is 0 Å². The summed E-state index contributed by atoms with van der Waals surface area (Å²) in [5.74, 6) is 0.784. The van der Waals surface area contributed by atoms with Crippen LogP contribution in [-0.4, -0.2) is 21.1 Å². The minimum atomic E-state index is 0.400. The summed E-state index contributed by atoms with van der Waals surface area (Å²) in [6, 6.07) is 9.83. The molecule has 2 aromatic heterocycles. The van der Waals surface area contributed by atoms with Crippen molar-refractivity contribution >= 4 is 27.4 Å². The molecule has 1 N–H and O–H groups in total. The first-order valence-corrected chi connectivity index (χ1v) is 7.17. The molecule has 0 aliphatic carbocycles. The molecule has 20 heavy (non-hydrogen) atoms. The summed E-state index contributed by atoms with van der Waals surface area (Å²) >= 11 is 1.35. The normalized spacial score (nSPS) is 10.7. The zero-order valence-corrected chi connectivity index (χ0v) is 11.9. The van der Waals surface area contributed by atoms with Gasteiger partial charge in [-0.3, -0.25) is 4.98 Å². The second-order valence-electron chi connectivity index (χ2n) is 4.23. The number of ether oxygens (including phenoxy) is 1. The second-order valence-corrected chi connectivity index (χ2v) is 4.98. The molecular weight excluding hydrogens is 272 g/mol. The number of fused-ring (bicyclic) bond motifs is 1. The number of aromatic nitrogens is 3. The molecule has 0 radical (unpaired) electrons. The minimum absolute atomic E-state index is 0.400. The molecule has 102 valence electrons. The molecule has 5 nitrogen and oxygen atoms in total. The third-order valence-corrected chi connectivity index (χ3v) is 3.57. The molecule has 0 aliphatic heterocycles. The molecule has 0 unspecified atom stereocenters. The lowest BCUT2D eigenvalue weighted by Crippen LogP contribution is -2.02. The van der Waals surface area contributed by atoms with Gasteiger partial charge in [0.05, 0.1) is 5.52 Å². The first-order chi connectivity index (χ1) is 9.86. The van der Waals surface area contributed by atoms with Crippen LogP contribution >= 0.6 is 11.5 Å². The maximum Gasteiger partial charge on any atom is 0.136 e. The molecule has 6 heteroatoms. The summed E-state index contributed by atoms with van der Waals surface area (Å²) < 4.78 is 9.71. The summed E-state index contributed by atoms with van der Waals surface area (Å²) in [5, 5.41) is 9.37. The van der Waals surface area contributed by atoms with E-state index in [9.17, 15) is 0 Å². The lowest BCUT2D eigenvalue weighted by Gasteiger charge is -2.06. The van der Waals surface area contributed by atoms with Crippen LogP contribution < -0.4 is 10.1 Å². The van der Waals surface area contributed by atoms with E-state index >= 15 is 0 Å². The number of rotatable bonds is 5. The third kappa shape index (κ3) is 2.70. The Bertz CT molecular complexity index is 713. The number of pyridine rings is 1. The SMILES string of the molecule is CCNc1snnc1COc1ccc2cccnc2c1. The van der Waals surface area contributed by atoms with E-state index in [1.807, 2.05) is 37.3 Å². The van der Waals surface area contributed by atoms with Gasteiger partial charge in [0.1, 0.15) is 23.1 Å². The van der Waals surface area contributed by atoms with Crippen LogP contribution in [0.5, 0.6) is 5.75 Å². The number of anilines is 1. The van der Waals surface area contributed by atoms with Crippen molar-refractivity contribution in [2.24, 2.45) is 0 Å². The van der Waals surface area contributed by atoms with Crippen LogP contribution in [0, 0.1) is 0 Å². The standard InChI is InChI=1S/C14H14N4OS/c1-2-15-14-13(17-18-20-14)9-19-11-6-5-10-4-3-7-16-12(10)8-11/h3-8,15H,2,9H2,1H3. The molecule has 0 atom stereocenters. The van der Waals surface area contributed by atoms with E-state index in [4.69, 9.17) is 4.74 Å². The number of benzene rings is 1. The third-order valence-electron chi connectivity index (χ3n) is 2.85. The highest BCUT2D eigenvalue weighted by molar-refractivity contribution is 7.10. The van der Waals surface area contributed by atoms with E-state index in [1.54, 1.807) is 6.20 Å². The predicted octanol–water partition coefficient (Wildman–Crippen LogP) is 3.10. The fourth-order valence-electron chi connectivity index (χ4n) is 1.89. The zero-order valence-electron chi connectivity index (χ0n) is 11.0. The Hall–Kier alpha value is -2.21. The van der Waals surface area contributed by atoms with Crippen LogP contribution in [-0.2, 0) is 6.61 Å². The Morgan fingerprint density at radius 2 is 2.25 bits per heavy atom. The fraction of sp³-hybridized carbons (Fsp3) is 0.214. The van der Waals surface area contributed by atoms with Gasteiger partial charge in [-0.05, 0) is 25.1 Å². The van der Waals surface area contributed by atoms with Crippen molar-refractivity contribution < 1.29 is 4.74 Å². The lowest BCUT2D eigenvalue weighted by molar-refractivity contribution is 0.302. The first kappa shape index (κ1) is 12.8. The Morgan fingerprint density at radius 1 is 1.30 bits per heavy atom. The Balaban J connectivity index is 1.74. The molecule has 2 heterocycles. The van der Waals surface area contributed by atoms with E-state index in [2.05, 4.69) is 19.9 Å². The Morgan fingerprint density at radius 3 is 3.15 bits per heavy atom. The molecule has 0 aliphatic rings. The van der Waals surface area contributed by atoms with Crippen molar-refractivity contribution in [2.75, 3.05) is 11.9 Å². The van der Waals surface area contributed by atoms with Gasteiger partial charge in [0.2, 0.25) is 0 Å². The van der Waals surface area contributed by atoms with Crippen LogP contribution in [0.2, 0.25) is 0 Å². The largest absolute Gasteiger partial charge is 0.487 e. The topological polar surface area (TPSA) is 59.9 Å². The predicted molar refractivity (Wildman–Crippen MR) is 80.1 cm³/mol. The molecule has 0 amide bonds. The van der Waals surface area contributed by atoms with E-state index in [1.165, 1.54) is 11.5 Å². The van der Waals surface area contributed by atoms with Crippen molar-refractivity contribution in [1.29, 1.82) is 0 Å². The summed E-state index contributed by atoms with van der Waals surface area (Å²) in [4.78, 5) is 4.32. The van der Waals surface area contributed by atoms with Gasteiger partial charge < -0.3 is 10.1 Å². The zero-order chi connectivity index (χ0) is 13.8. The van der Waals surface area contributed by atoms with E-state index in [0.29, 0.717) is 6.61 Å². The molecular formula is C14H14N4OS. The maximum atomic E-state index is 5.77. The highest BCUT2D eigenvalue weighted by Crippen LogP contribution is 2.22. The molecule has 0 saturated carbocycles. The van der Waals surface area contributed by atoms with Gasteiger partial charge in [0, 0.05) is 35.7 Å². The van der Waals surface area contributed by atoms with Crippen LogP contribution in [0.3, 0.4) is 0 Å². The van der Waals surface area contributed by atoms with Crippen molar-refractivity contribution in [3.63, 3.8) is 0 Å². The number of nitrogens with zero attached hydrogens (tertiary/aromatic N) is 3. The summed E-state index contributed by atoms with van der Waals surface area (Å²) in [6.45, 7) is 3.29. The van der Waals surface area contributed by atoms with Gasteiger partial charge in [-0.25, -0.2) is 0 Å². The van der Waals surface area contributed by atoms with Gasteiger partial charge in [0.25, 0.3) is 0 Å². The maximum absolute atomic E-state index is 5.77. The van der Waals surface area contributed by atoms with Crippen LogP contribution in [0.1, 0.15) is 12.6 Å². The second kappa shape index (κ2) is 5.83. The van der Waals surface area contributed by atoms with Gasteiger partial charge in [-0.2, -0.15) is 0 Å². The van der Waals surface area contributed by atoms with Crippen LogP contribution in [0.15, 0.2) is 36.5 Å². The van der Waals surface area contributed by atoms with E-state index in [0.717, 1.165) is 33.9 Å². The molecule has 3 rings (SSSR count). The van der Waals surface area contributed by atoms with Crippen molar-refractivity contribution in [3.05, 3.63) is 42.2 Å². The number of hydrogen-bond acceptors (Lipinski definition) is 6. The first-order valence-electron chi connectivity index (χ1n) is 6.39. The average molecular weight is 286 g/mol. The van der Waals surface area contributed by atoms with Crippen molar-refractivity contribution in [1.82, 2.24) is 14.6 Å². The van der Waals surface area contributed by atoms with Crippen LogP contribution in [0.4, 0.5) is 5.00 Å². The quantitative estimate of drug-likeness (QED) is 0.781. The summed E-state index contributed by atoms with van der Waals surface area (Å²) in [7, 11) is 0. The lowest BCUT2D eigenvalue weighted by atomic mass is 10.2. The number of hydrogen-bond donors (Lipinski definition) is 1. The van der Waals surface area contributed by atoms with Gasteiger partial charge in [-0.15, -0.1) is 5.10 Å². The van der Waals surface area contributed by atoms with Gasteiger partial charge in [-0.1, -0.05) is 10.6 Å². The molecule has 0 bridgehead atoms. The van der Waals surface area contributed by atoms with Gasteiger partial charge in [0.15, 0.2) is 0 Å². The Kier molecular flexibility index (Phi) is 3.73. The van der Waals surface area contributed by atoms with Crippen molar-refractivity contribution in [3.8, 4) is 5.75 Å². The van der Waals surface area contributed by atoms with E-state index in [-0.39, 0.29) is 0 Å². The van der Waals surface area contributed by atoms with Crippen LogP contribution in [0.25, 0.3) is 10.9 Å². The highest BCUT2D eigenvalue weighted by atomic mass is 32.1. The van der Waals surface area contributed by atoms with Crippen molar-refractivity contribution in [2.45, 2.75) is 13.5 Å². The van der Waals surface area contributed by atoms with E-state index < -0.39 is 0 Å². The monoisotopic (exact) mass is 286 g/mol.